The second-order valence-corrected chi connectivity index (χ2v) is 7.10. The van der Waals surface area contributed by atoms with E-state index in [2.05, 4.69) is 9.89 Å². The Hall–Kier alpha value is -2.96. The lowest BCUT2D eigenvalue weighted by molar-refractivity contribution is 0.0377. The third-order valence-electron chi connectivity index (χ3n) is 5.20. The van der Waals surface area contributed by atoms with Gasteiger partial charge in [0.05, 0.1) is 24.5 Å². The normalized spacial score (nSPS) is 15.3. The van der Waals surface area contributed by atoms with E-state index in [-0.39, 0.29) is 11.4 Å². The van der Waals surface area contributed by atoms with Crippen molar-refractivity contribution in [2.45, 2.75) is 6.42 Å². The summed E-state index contributed by atoms with van der Waals surface area (Å²) in [5.74, 6) is -0.0863. The third-order valence-corrected chi connectivity index (χ3v) is 5.20. The first kappa shape index (κ1) is 19.4. The van der Waals surface area contributed by atoms with Gasteiger partial charge in [0, 0.05) is 43.2 Å². The highest BCUT2D eigenvalue weighted by Gasteiger charge is 2.16. The van der Waals surface area contributed by atoms with Gasteiger partial charge in [0.1, 0.15) is 0 Å². The van der Waals surface area contributed by atoms with Crippen LogP contribution in [0.3, 0.4) is 0 Å². The van der Waals surface area contributed by atoms with Crippen LogP contribution in [0, 0.1) is 0 Å². The maximum atomic E-state index is 13.0. The van der Waals surface area contributed by atoms with Crippen molar-refractivity contribution in [1.82, 2.24) is 9.47 Å². The number of rotatable bonds is 6. The topological polar surface area (TPSA) is 67.1 Å². The highest BCUT2D eigenvalue weighted by molar-refractivity contribution is 6.01. The van der Waals surface area contributed by atoms with Crippen LogP contribution in [0.25, 0.3) is 16.5 Å². The van der Waals surface area contributed by atoms with E-state index in [1.807, 2.05) is 36.4 Å². The Morgan fingerprint density at radius 3 is 2.45 bits per heavy atom. The van der Waals surface area contributed by atoms with Crippen LogP contribution in [-0.2, 0) is 4.74 Å². The molecule has 6 nitrogen and oxygen atoms in total. The van der Waals surface area contributed by atoms with Gasteiger partial charge < -0.3 is 9.84 Å². The number of aliphatic imine (C=N–C) groups is 1. The number of fused-ring (bicyclic) bond motifs is 1. The SMILES string of the molecule is O=c1c2ccccc2c(C=NCCCN2CCOCC2)c(O)n1-c1ccccc1. The zero-order chi connectivity index (χ0) is 20.1. The number of para-hydroxylation sites is 1. The monoisotopic (exact) mass is 391 g/mol. The smallest absolute Gasteiger partial charge is 0.265 e. The molecule has 4 rings (SSSR count). The summed E-state index contributed by atoms with van der Waals surface area (Å²) in [5, 5.41) is 12.2. The largest absolute Gasteiger partial charge is 0.494 e. The average Bonchev–Trinajstić information content (AvgIpc) is 2.77. The molecule has 0 spiro atoms. The van der Waals surface area contributed by atoms with E-state index in [1.54, 1.807) is 24.4 Å². The van der Waals surface area contributed by atoms with Crippen LogP contribution in [-0.4, -0.2) is 60.2 Å². The van der Waals surface area contributed by atoms with Gasteiger partial charge in [-0.15, -0.1) is 0 Å². The molecule has 1 saturated heterocycles. The minimum Gasteiger partial charge on any atom is -0.494 e. The predicted octanol–water partition coefficient (Wildman–Crippen LogP) is 2.84. The Kier molecular flexibility index (Phi) is 6.03. The molecule has 2 heterocycles. The minimum atomic E-state index is -0.242. The number of pyridine rings is 1. The lowest BCUT2D eigenvalue weighted by Gasteiger charge is -2.26. The van der Waals surface area contributed by atoms with E-state index in [9.17, 15) is 9.90 Å². The lowest BCUT2D eigenvalue weighted by Crippen LogP contribution is -2.37. The van der Waals surface area contributed by atoms with Crippen molar-refractivity contribution in [3.8, 4) is 11.6 Å². The highest BCUT2D eigenvalue weighted by atomic mass is 16.5. The molecule has 1 N–H and O–H groups in total. The zero-order valence-corrected chi connectivity index (χ0v) is 16.3. The van der Waals surface area contributed by atoms with Crippen molar-refractivity contribution in [3.05, 3.63) is 70.5 Å². The van der Waals surface area contributed by atoms with Crippen molar-refractivity contribution in [3.63, 3.8) is 0 Å². The molecule has 1 aliphatic heterocycles. The first-order valence-electron chi connectivity index (χ1n) is 9.98. The Bertz CT molecular complexity index is 1050. The van der Waals surface area contributed by atoms with Gasteiger partial charge in [-0.05, 0) is 24.6 Å². The number of morpholine rings is 1. The lowest BCUT2D eigenvalue weighted by atomic mass is 10.1. The molecule has 1 aromatic heterocycles. The van der Waals surface area contributed by atoms with Gasteiger partial charge >= 0.3 is 0 Å². The van der Waals surface area contributed by atoms with Gasteiger partial charge in [-0.1, -0.05) is 36.4 Å². The van der Waals surface area contributed by atoms with E-state index in [1.165, 1.54) is 4.57 Å². The number of hydrogen-bond acceptors (Lipinski definition) is 5. The van der Waals surface area contributed by atoms with Crippen LogP contribution in [0.1, 0.15) is 12.0 Å². The molecule has 0 atom stereocenters. The van der Waals surface area contributed by atoms with Gasteiger partial charge in [-0.2, -0.15) is 0 Å². The van der Waals surface area contributed by atoms with Crippen LogP contribution in [0.5, 0.6) is 5.88 Å². The van der Waals surface area contributed by atoms with Crippen molar-refractivity contribution >= 4 is 17.0 Å². The number of nitrogens with zero attached hydrogens (tertiary/aromatic N) is 3. The molecule has 0 unspecified atom stereocenters. The molecule has 3 aromatic rings. The molecule has 2 aromatic carbocycles. The standard InChI is InChI=1S/C23H25N3O3/c27-22-20-10-5-4-9-19(20)21(23(28)26(22)18-7-2-1-3-8-18)17-24-11-6-12-25-13-15-29-16-14-25/h1-5,7-10,17,28H,6,11-16H2. The second-order valence-electron chi connectivity index (χ2n) is 7.10. The summed E-state index contributed by atoms with van der Waals surface area (Å²) in [7, 11) is 0. The van der Waals surface area contributed by atoms with Gasteiger partial charge in [-0.3, -0.25) is 14.7 Å². The number of aromatic nitrogens is 1. The summed E-state index contributed by atoms with van der Waals surface area (Å²) in [4.78, 5) is 19.9. The van der Waals surface area contributed by atoms with Crippen molar-refractivity contribution in [1.29, 1.82) is 0 Å². The Balaban J connectivity index is 1.62. The summed E-state index contributed by atoms with van der Waals surface area (Å²) in [6.07, 6.45) is 2.63. The molecule has 150 valence electrons. The summed E-state index contributed by atoms with van der Waals surface area (Å²) < 4.78 is 6.71. The predicted molar refractivity (Wildman–Crippen MR) is 116 cm³/mol. The Labute approximate surface area is 169 Å². The van der Waals surface area contributed by atoms with Crippen LogP contribution >= 0.6 is 0 Å². The second kappa shape index (κ2) is 9.03. The molecule has 0 radical (unpaired) electrons. The summed E-state index contributed by atoms with van der Waals surface area (Å²) in [6.45, 7) is 5.18. The maximum Gasteiger partial charge on any atom is 0.265 e. The molecule has 0 amide bonds. The molecule has 0 bridgehead atoms. The average molecular weight is 391 g/mol. The quantitative estimate of drug-likeness (QED) is 0.518. The van der Waals surface area contributed by atoms with Crippen LogP contribution < -0.4 is 5.56 Å². The maximum absolute atomic E-state index is 13.0. The van der Waals surface area contributed by atoms with E-state index in [0.717, 1.165) is 39.3 Å². The molecular formula is C23H25N3O3. The summed E-state index contributed by atoms with van der Waals surface area (Å²) >= 11 is 0. The molecule has 0 aliphatic carbocycles. The first-order valence-corrected chi connectivity index (χ1v) is 9.98. The summed E-state index contributed by atoms with van der Waals surface area (Å²) in [5.41, 5.74) is 0.951. The first-order chi connectivity index (χ1) is 14.3. The van der Waals surface area contributed by atoms with Crippen molar-refractivity contribution in [2.75, 3.05) is 39.4 Å². The molecule has 29 heavy (non-hydrogen) atoms. The molecule has 0 saturated carbocycles. The zero-order valence-electron chi connectivity index (χ0n) is 16.3. The van der Waals surface area contributed by atoms with Crippen molar-refractivity contribution < 1.29 is 9.84 Å². The molecule has 6 heteroatoms. The minimum absolute atomic E-state index is 0.0863. The third kappa shape index (κ3) is 4.23. The van der Waals surface area contributed by atoms with Crippen molar-refractivity contribution in [2.24, 2.45) is 4.99 Å². The van der Waals surface area contributed by atoms with Gasteiger partial charge in [0.25, 0.3) is 5.56 Å². The number of aromatic hydroxyl groups is 1. The summed E-state index contributed by atoms with van der Waals surface area (Å²) in [6, 6.07) is 16.5. The molecule has 1 fully saturated rings. The van der Waals surface area contributed by atoms with Crippen LogP contribution in [0.4, 0.5) is 0 Å². The van der Waals surface area contributed by atoms with Gasteiger partial charge in [-0.25, -0.2) is 4.57 Å². The highest BCUT2D eigenvalue weighted by Crippen LogP contribution is 2.25. The molecule has 1 aliphatic rings. The van der Waals surface area contributed by atoms with Crippen LogP contribution in [0.2, 0.25) is 0 Å². The van der Waals surface area contributed by atoms with E-state index < -0.39 is 0 Å². The van der Waals surface area contributed by atoms with Gasteiger partial charge in [0.2, 0.25) is 5.88 Å². The Morgan fingerprint density at radius 2 is 1.69 bits per heavy atom. The number of benzene rings is 2. The molecular weight excluding hydrogens is 366 g/mol. The fourth-order valence-corrected chi connectivity index (χ4v) is 3.67. The number of hydrogen-bond donors (Lipinski definition) is 1. The number of ether oxygens (including phenoxy) is 1. The Morgan fingerprint density at radius 1 is 1.00 bits per heavy atom. The van der Waals surface area contributed by atoms with E-state index >= 15 is 0 Å². The van der Waals surface area contributed by atoms with E-state index in [4.69, 9.17) is 4.74 Å². The van der Waals surface area contributed by atoms with Crippen LogP contribution in [0.15, 0.2) is 64.4 Å². The van der Waals surface area contributed by atoms with E-state index in [0.29, 0.717) is 28.6 Å². The fourth-order valence-electron chi connectivity index (χ4n) is 3.67. The fraction of sp³-hybridized carbons (Fsp3) is 0.304. The van der Waals surface area contributed by atoms with Gasteiger partial charge in [0.15, 0.2) is 0 Å².